The van der Waals surface area contributed by atoms with Crippen LogP contribution < -0.4 is 15.0 Å². The molecule has 1 aromatic carbocycles. The Hall–Kier alpha value is -2.04. The Balaban J connectivity index is 2.14. The predicted octanol–water partition coefficient (Wildman–Crippen LogP) is 1.33. The lowest BCUT2D eigenvalue weighted by atomic mass is 10.1. The number of hydrogen-bond donors (Lipinski definition) is 1. The Morgan fingerprint density at radius 1 is 1.42 bits per heavy atom. The molecule has 2 rings (SSSR count). The number of para-hydroxylation sites is 2. The minimum atomic E-state index is -0.510. The van der Waals surface area contributed by atoms with Crippen molar-refractivity contribution in [1.29, 1.82) is 0 Å². The van der Waals surface area contributed by atoms with Gasteiger partial charge in [0, 0.05) is 19.5 Å². The average molecular weight is 262 g/mol. The third-order valence-electron chi connectivity index (χ3n) is 3.01. The van der Waals surface area contributed by atoms with E-state index in [9.17, 15) is 9.59 Å². The van der Waals surface area contributed by atoms with Crippen LogP contribution in [0.4, 0.5) is 5.69 Å². The molecule has 1 unspecified atom stereocenters. The van der Waals surface area contributed by atoms with E-state index in [1.807, 2.05) is 31.2 Å². The van der Waals surface area contributed by atoms with E-state index in [2.05, 4.69) is 5.32 Å². The molecule has 102 valence electrons. The van der Waals surface area contributed by atoms with Crippen LogP contribution in [0.3, 0.4) is 0 Å². The van der Waals surface area contributed by atoms with Crippen molar-refractivity contribution in [3.05, 3.63) is 24.3 Å². The van der Waals surface area contributed by atoms with Gasteiger partial charge in [-0.15, -0.1) is 0 Å². The first kappa shape index (κ1) is 13.4. The van der Waals surface area contributed by atoms with Crippen molar-refractivity contribution < 1.29 is 14.3 Å². The smallest absolute Gasteiger partial charge is 0.267 e. The maximum Gasteiger partial charge on any atom is 0.267 e. The average Bonchev–Trinajstić information content (AvgIpc) is 2.39. The molecule has 0 spiro atoms. The van der Waals surface area contributed by atoms with Gasteiger partial charge in [-0.1, -0.05) is 12.1 Å². The van der Waals surface area contributed by atoms with Crippen LogP contribution in [-0.4, -0.2) is 31.0 Å². The molecular weight excluding hydrogens is 244 g/mol. The van der Waals surface area contributed by atoms with Crippen LogP contribution in [0.1, 0.15) is 20.3 Å². The van der Waals surface area contributed by atoms with Crippen LogP contribution in [-0.2, 0) is 9.59 Å². The highest BCUT2D eigenvalue weighted by Gasteiger charge is 2.31. The van der Waals surface area contributed by atoms with Crippen molar-refractivity contribution in [3.63, 3.8) is 0 Å². The van der Waals surface area contributed by atoms with Gasteiger partial charge in [0.05, 0.1) is 5.69 Å². The zero-order valence-corrected chi connectivity index (χ0v) is 11.2. The van der Waals surface area contributed by atoms with E-state index < -0.39 is 6.10 Å². The molecule has 0 aromatic heterocycles. The summed E-state index contributed by atoms with van der Waals surface area (Å²) in [5.41, 5.74) is 0.731. The molecule has 5 heteroatoms. The summed E-state index contributed by atoms with van der Waals surface area (Å²) in [4.78, 5) is 25.3. The van der Waals surface area contributed by atoms with Crippen molar-refractivity contribution in [1.82, 2.24) is 5.32 Å². The lowest BCUT2D eigenvalue weighted by molar-refractivity contribution is -0.125. The molecular formula is C14H18N2O3. The molecule has 1 aliphatic heterocycles. The fraction of sp³-hybridized carbons (Fsp3) is 0.429. The van der Waals surface area contributed by atoms with Gasteiger partial charge in [-0.3, -0.25) is 9.59 Å². The Kier molecular flexibility index (Phi) is 4.04. The number of rotatable bonds is 4. The second kappa shape index (κ2) is 5.73. The summed E-state index contributed by atoms with van der Waals surface area (Å²) in [6.45, 7) is 4.56. The zero-order chi connectivity index (χ0) is 13.8. The molecule has 1 atom stereocenters. The van der Waals surface area contributed by atoms with E-state index >= 15 is 0 Å². The molecule has 1 aliphatic rings. The second-order valence-corrected chi connectivity index (χ2v) is 4.42. The fourth-order valence-electron chi connectivity index (χ4n) is 2.09. The van der Waals surface area contributed by atoms with Gasteiger partial charge in [0.25, 0.3) is 5.91 Å². The lowest BCUT2D eigenvalue weighted by Crippen LogP contribution is -2.45. The van der Waals surface area contributed by atoms with Gasteiger partial charge in [-0.2, -0.15) is 0 Å². The molecule has 2 amide bonds. The third kappa shape index (κ3) is 2.86. The molecule has 19 heavy (non-hydrogen) atoms. The first-order valence-electron chi connectivity index (χ1n) is 6.47. The molecule has 0 aliphatic carbocycles. The molecule has 5 nitrogen and oxygen atoms in total. The second-order valence-electron chi connectivity index (χ2n) is 4.42. The Morgan fingerprint density at radius 2 is 2.16 bits per heavy atom. The van der Waals surface area contributed by atoms with Crippen LogP contribution in [0.2, 0.25) is 0 Å². The molecule has 0 fully saturated rings. The number of fused-ring (bicyclic) bond motifs is 1. The van der Waals surface area contributed by atoms with Gasteiger partial charge in [-0.25, -0.2) is 0 Å². The minimum Gasteiger partial charge on any atom is -0.479 e. The van der Waals surface area contributed by atoms with Gasteiger partial charge in [0.1, 0.15) is 5.75 Å². The number of hydrogen-bond acceptors (Lipinski definition) is 3. The van der Waals surface area contributed by atoms with Gasteiger partial charge in [0.15, 0.2) is 6.10 Å². The molecule has 0 bridgehead atoms. The molecule has 0 saturated carbocycles. The van der Waals surface area contributed by atoms with E-state index in [-0.39, 0.29) is 11.8 Å². The minimum absolute atomic E-state index is 0.0491. The van der Waals surface area contributed by atoms with Crippen molar-refractivity contribution >= 4 is 17.5 Å². The van der Waals surface area contributed by atoms with Crippen LogP contribution in [0, 0.1) is 0 Å². The fourth-order valence-corrected chi connectivity index (χ4v) is 2.09. The topological polar surface area (TPSA) is 58.6 Å². The number of ether oxygens (including phenoxy) is 1. The predicted molar refractivity (Wildman–Crippen MR) is 72.2 cm³/mol. The van der Waals surface area contributed by atoms with Gasteiger partial charge in [0.2, 0.25) is 5.91 Å². The molecule has 1 aromatic rings. The van der Waals surface area contributed by atoms with E-state index in [1.165, 1.54) is 0 Å². The number of nitrogens with zero attached hydrogens (tertiary/aromatic N) is 1. The number of anilines is 1. The first-order valence-corrected chi connectivity index (χ1v) is 6.47. The monoisotopic (exact) mass is 262 g/mol. The third-order valence-corrected chi connectivity index (χ3v) is 3.01. The first-order chi connectivity index (χ1) is 9.13. The Labute approximate surface area is 112 Å². The number of carbonyl (C=O) groups excluding carboxylic acids is 2. The summed E-state index contributed by atoms with van der Waals surface area (Å²) in [5.74, 6) is 0.528. The number of amides is 2. The van der Waals surface area contributed by atoms with Gasteiger partial charge < -0.3 is 15.0 Å². The standard InChI is InChI=1S/C14H18N2O3/c1-3-15-13(17)8-9-16-11-6-4-5-7-12(11)19-10(2)14(16)18/h4-7,10H,3,8-9H2,1-2H3,(H,15,17). The Bertz CT molecular complexity index is 487. The maximum absolute atomic E-state index is 12.1. The molecule has 1 N–H and O–H groups in total. The molecule has 1 heterocycles. The SMILES string of the molecule is CCNC(=O)CCN1C(=O)C(C)Oc2ccccc21. The number of benzene rings is 1. The molecule has 0 radical (unpaired) electrons. The van der Waals surface area contributed by atoms with Gasteiger partial charge >= 0.3 is 0 Å². The summed E-state index contributed by atoms with van der Waals surface area (Å²) in [5, 5.41) is 2.73. The van der Waals surface area contributed by atoms with Crippen molar-refractivity contribution in [2.24, 2.45) is 0 Å². The highest BCUT2D eigenvalue weighted by molar-refractivity contribution is 6.00. The highest BCUT2D eigenvalue weighted by atomic mass is 16.5. The van der Waals surface area contributed by atoms with Crippen molar-refractivity contribution in [2.45, 2.75) is 26.4 Å². The van der Waals surface area contributed by atoms with Crippen LogP contribution in [0.15, 0.2) is 24.3 Å². The quantitative estimate of drug-likeness (QED) is 0.890. The number of carbonyl (C=O) groups is 2. The van der Waals surface area contributed by atoms with Crippen LogP contribution >= 0.6 is 0 Å². The summed E-state index contributed by atoms with van der Waals surface area (Å²) >= 11 is 0. The highest BCUT2D eigenvalue weighted by Crippen LogP contribution is 2.33. The van der Waals surface area contributed by atoms with E-state index in [0.717, 1.165) is 5.69 Å². The van der Waals surface area contributed by atoms with E-state index in [1.54, 1.807) is 11.8 Å². The lowest BCUT2D eigenvalue weighted by Gasteiger charge is -2.32. The van der Waals surface area contributed by atoms with Crippen LogP contribution in [0.25, 0.3) is 0 Å². The van der Waals surface area contributed by atoms with E-state index in [0.29, 0.717) is 25.3 Å². The zero-order valence-electron chi connectivity index (χ0n) is 11.2. The summed E-state index contributed by atoms with van der Waals surface area (Å²) in [7, 11) is 0. The largest absolute Gasteiger partial charge is 0.479 e. The van der Waals surface area contributed by atoms with Crippen LogP contribution in [0.5, 0.6) is 5.75 Å². The normalized spacial score (nSPS) is 17.7. The summed E-state index contributed by atoms with van der Waals surface area (Å²) < 4.78 is 5.54. The van der Waals surface area contributed by atoms with E-state index in [4.69, 9.17) is 4.74 Å². The number of nitrogens with one attached hydrogen (secondary N) is 1. The summed E-state index contributed by atoms with van der Waals surface area (Å²) in [6, 6.07) is 7.38. The van der Waals surface area contributed by atoms with Gasteiger partial charge in [-0.05, 0) is 26.0 Å². The summed E-state index contributed by atoms with van der Waals surface area (Å²) in [6.07, 6.45) is -0.218. The van der Waals surface area contributed by atoms with Crippen molar-refractivity contribution in [2.75, 3.05) is 18.0 Å². The molecule has 0 saturated heterocycles. The maximum atomic E-state index is 12.1. The Morgan fingerprint density at radius 3 is 2.89 bits per heavy atom. The van der Waals surface area contributed by atoms with Crippen molar-refractivity contribution in [3.8, 4) is 5.75 Å².